The fourth-order valence-electron chi connectivity index (χ4n) is 3.86. The average molecular weight is 392 g/mol. The molecular formula is C23H24N2O4. The van der Waals surface area contributed by atoms with Crippen molar-refractivity contribution in [1.29, 1.82) is 0 Å². The van der Waals surface area contributed by atoms with Crippen molar-refractivity contribution in [2.75, 3.05) is 27.2 Å². The molecule has 1 amide bonds. The summed E-state index contributed by atoms with van der Waals surface area (Å²) in [7, 11) is 3.86. The van der Waals surface area contributed by atoms with Gasteiger partial charge in [0.2, 0.25) is 5.76 Å². The number of phenols is 1. The van der Waals surface area contributed by atoms with Crippen molar-refractivity contribution in [2.24, 2.45) is 0 Å². The van der Waals surface area contributed by atoms with Crippen LogP contribution in [0.3, 0.4) is 0 Å². The van der Waals surface area contributed by atoms with Crippen LogP contribution in [-0.2, 0) is 0 Å². The number of nitrogens with zero attached hydrogens (tertiary/aromatic N) is 2. The third-order valence-corrected chi connectivity index (χ3v) is 5.56. The Balaban J connectivity index is 1.97. The highest BCUT2D eigenvalue weighted by atomic mass is 16.3. The molecule has 0 spiro atoms. The van der Waals surface area contributed by atoms with E-state index in [1.807, 2.05) is 51.0 Å². The van der Waals surface area contributed by atoms with E-state index < -0.39 is 6.04 Å². The van der Waals surface area contributed by atoms with Crippen LogP contribution in [0.4, 0.5) is 0 Å². The van der Waals surface area contributed by atoms with Crippen LogP contribution in [0, 0.1) is 13.8 Å². The van der Waals surface area contributed by atoms with Gasteiger partial charge in [-0.15, -0.1) is 0 Å². The van der Waals surface area contributed by atoms with Crippen LogP contribution in [0.25, 0.3) is 11.0 Å². The number of phenolic OH excluding ortho intramolecular Hbond substituents is 1. The van der Waals surface area contributed by atoms with Gasteiger partial charge in [0.1, 0.15) is 11.3 Å². The van der Waals surface area contributed by atoms with Gasteiger partial charge in [-0.2, -0.15) is 0 Å². The first-order valence-electron chi connectivity index (χ1n) is 9.60. The maximum atomic E-state index is 13.5. The largest absolute Gasteiger partial charge is 0.508 e. The Morgan fingerprint density at radius 1 is 1.10 bits per heavy atom. The Morgan fingerprint density at radius 2 is 1.83 bits per heavy atom. The molecule has 1 N–H and O–H groups in total. The molecule has 1 unspecified atom stereocenters. The number of rotatable bonds is 4. The van der Waals surface area contributed by atoms with Gasteiger partial charge >= 0.3 is 0 Å². The van der Waals surface area contributed by atoms with Crippen LogP contribution >= 0.6 is 0 Å². The van der Waals surface area contributed by atoms with Gasteiger partial charge < -0.3 is 19.3 Å². The molecule has 6 nitrogen and oxygen atoms in total. The number of benzene rings is 2. The minimum absolute atomic E-state index is 0.0904. The summed E-state index contributed by atoms with van der Waals surface area (Å²) in [4.78, 5) is 30.3. The number of carbonyl (C=O) groups is 1. The minimum Gasteiger partial charge on any atom is -0.508 e. The number of fused-ring (bicyclic) bond motifs is 2. The molecule has 4 rings (SSSR count). The number of likely N-dealkylation sites (N-methyl/N-ethyl adjacent to an activating group) is 1. The molecule has 0 radical (unpaired) electrons. The Labute approximate surface area is 169 Å². The van der Waals surface area contributed by atoms with E-state index in [4.69, 9.17) is 4.42 Å². The van der Waals surface area contributed by atoms with E-state index in [9.17, 15) is 14.7 Å². The molecule has 0 fully saturated rings. The molecule has 0 saturated carbocycles. The molecule has 2 aromatic carbocycles. The zero-order valence-corrected chi connectivity index (χ0v) is 17.0. The fraction of sp³-hybridized carbons (Fsp3) is 0.304. The molecule has 0 aliphatic carbocycles. The normalized spacial score (nSPS) is 16.1. The van der Waals surface area contributed by atoms with E-state index in [-0.39, 0.29) is 22.8 Å². The third-order valence-electron chi connectivity index (χ3n) is 5.56. The van der Waals surface area contributed by atoms with E-state index >= 15 is 0 Å². The molecule has 3 aromatic rings. The monoisotopic (exact) mass is 392 g/mol. The Hall–Kier alpha value is -3.12. The predicted octanol–water partition coefficient (Wildman–Crippen LogP) is 3.22. The number of hydrogen-bond acceptors (Lipinski definition) is 5. The van der Waals surface area contributed by atoms with Crippen LogP contribution in [-0.4, -0.2) is 48.0 Å². The number of aryl methyl sites for hydroxylation is 2. The number of hydrogen-bond donors (Lipinski definition) is 1. The van der Waals surface area contributed by atoms with Gasteiger partial charge in [0.25, 0.3) is 5.91 Å². The molecule has 0 bridgehead atoms. The van der Waals surface area contributed by atoms with Crippen molar-refractivity contribution in [2.45, 2.75) is 19.9 Å². The van der Waals surface area contributed by atoms with Gasteiger partial charge in [0, 0.05) is 13.1 Å². The van der Waals surface area contributed by atoms with Gasteiger partial charge in [0.05, 0.1) is 17.0 Å². The van der Waals surface area contributed by atoms with Crippen molar-refractivity contribution < 1.29 is 14.3 Å². The SMILES string of the molecule is Cc1cc2oc3c(c(=O)c2cc1C)C(c1cccc(O)c1)N(CCN(C)C)C3=O. The molecule has 1 atom stereocenters. The fourth-order valence-corrected chi connectivity index (χ4v) is 3.86. The van der Waals surface area contributed by atoms with E-state index in [0.717, 1.165) is 11.1 Å². The van der Waals surface area contributed by atoms with E-state index in [1.54, 1.807) is 23.1 Å². The molecule has 1 aliphatic rings. The first kappa shape index (κ1) is 19.2. The molecule has 150 valence electrons. The molecule has 1 aliphatic heterocycles. The minimum atomic E-state index is -0.591. The summed E-state index contributed by atoms with van der Waals surface area (Å²) in [5.41, 5.74) is 3.25. The van der Waals surface area contributed by atoms with Gasteiger partial charge in [-0.05, 0) is 68.9 Å². The lowest BCUT2D eigenvalue weighted by atomic mass is 9.97. The van der Waals surface area contributed by atoms with Crippen LogP contribution in [0.2, 0.25) is 0 Å². The zero-order valence-electron chi connectivity index (χ0n) is 17.0. The first-order chi connectivity index (χ1) is 13.8. The summed E-state index contributed by atoms with van der Waals surface area (Å²) in [5.74, 6) is -0.113. The zero-order chi connectivity index (χ0) is 20.9. The Morgan fingerprint density at radius 3 is 2.52 bits per heavy atom. The van der Waals surface area contributed by atoms with Crippen LogP contribution in [0.1, 0.15) is 38.9 Å². The van der Waals surface area contributed by atoms with E-state index in [1.165, 1.54) is 0 Å². The summed E-state index contributed by atoms with van der Waals surface area (Å²) < 4.78 is 5.98. The molecule has 6 heteroatoms. The smallest absolute Gasteiger partial charge is 0.290 e. The van der Waals surface area contributed by atoms with Gasteiger partial charge in [-0.25, -0.2) is 0 Å². The number of aromatic hydroxyl groups is 1. The highest BCUT2D eigenvalue weighted by molar-refractivity contribution is 5.99. The lowest BCUT2D eigenvalue weighted by Gasteiger charge is -2.26. The maximum Gasteiger partial charge on any atom is 0.290 e. The summed E-state index contributed by atoms with van der Waals surface area (Å²) >= 11 is 0. The molecule has 0 saturated heterocycles. The maximum absolute atomic E-state index is 13.5. The number of carbonyl (C=O) groups excluding carboxylic acids is 1. The lowest BCUT2D eigenvalue weighted by Crippen LogP contribution is -2.35. The summed E-state index contributed by atoms with van der Waals surface area (Å²) in [6.45, 7) is 4.97. The van der Waals surface area contributed by atoms with Crippen molar-refractivity contribution in [1.82, 2.24) is 9.80 Å². The van der Waals surface area contributed by atoms with Crippen LogP contribution in [0.5, 0.6) is 5.75 Å². The van der Waals surface area contributed by atoms with Crippen molar-refractivity contribution in [3.05, 3.63) is 74.6 Å². The highest BCUT2D eigenvalue weighted by Crippen LogP contribution is 2.39. The highest BCUT2D eigenvalue weighted by Gasteiger charge is 2.42. The second kappa shape index (κ2) is 7.04. The summed E-state index contributed by atoms with van der Waals surface area (Å²) in [6, 6.07) is 9.74. The second-order valence-corrected chi connectivity index (χ2v) is 7.91. The number of amides is 1. The van der Waals surface area contributed by atoms with Gasteiger partial charge in [-0.3, -0.25) is 9.59 Å². The predicted molar refractivity (Wildman–Crippen MR) is 111 cm³/mol. The van der Waals surface area contributed by atoms with E-state index in [0.29, 0.717) is 35.2 Å². The second-order valence-electron chi connectivity index (χ2n) is 7.91. The van der Waals surface area contributed by atoms with Crippen molar-refractivity contribution >= 4 is 16.9 Å². The standard InChI is InChI=1S/C23H24N2O4/c1-13-10-17-18(11-14(13)2)29-22-19(21(17)27)20(15-6-5-7-16(26)12-15)25(23(22)28)9-8-24(3)4/h5-7,10-12,20,26H,8-9H2,1-4H3. The Kier molecular flexibility index (Phi) is 4.67. The molecule has 2 heterocycles. The summed E-state index contributed by atoms with van der Waals surface area (Å²) in [5, 5.41) is 10.5. The van der Waals surface area contributed by atoms with Crippen molar-refractivity contribution in [3.8, 4) is 5.75 Å². The topological polar surface area (TPSA) is 74.0 Å². The van der Waals surface area contributed by atoms with Crippen LogP contribution < -0.4 is 5.43 Å². The van der Waals surface area contributed by atoms with E-state index in [2.05, 4.69) is 0 Å². The van der Waals surface area contributed by atoms with Crippen LogP contribution in [0.15, 0.2) is 45.6 Å². The average Bonchev–Trinajstić information content (AvgIpc) is 2.94. The third kappa shape index (κ3) is 3.19. The molecule has 29 heavy (non-hydrogen) atoms. The quantitative estimate of drug-likeness (QED) is 0.738. The van der Waals surface area contributed by atoms with Gasteiger partial charge in [-0.1, -0.05) is 12.1 Å². The molecule has 1 aromatic heterocycles. The summed E-state index contributed by atoms with van der Waals surface area (Å²) in [6.07, 6.45) is 0. The lowest BCUT2D eigenvalue weighted by molar-refractivity contribution is 0.0716. The van der Waals surface area contributed by atoms with Crippen molar-refractivity contribution in [3.63, 3.8) is 0 Å². The Bertz CT molecular complexity index is 1180. The first-order valence-corrected chi connectivity index (χ1v) is 9.60. The molecular weight excluding hydrogens is 368 g/mol. The van der Waals surface area contributed by atoms with Gasteiger partial charge in [0.15, 0.2) is 5.43 Å².